The number of nitrogens with zero attached hydrogens (tertiary/aromatic N) is 3. The fraction of sp³-hybridized carbons (Fsp3) is 0.455. The van der Waals surface area contributed by atoms with Crippen molar-refractivity contribution in [2.75, 3.05) is 0 Å². The van der Waals surface area contributed by atoms with Gasteiger partial charge in [-0.1, -0.05) is 0 Å². The van der Waals surface area contributed by atoms with E-state index in [0.29, 0.717) is 6.54 Å². The molecule has 0 bridgehead atoms. The predicted molar refractivity (Wildman–Crippen MR) is 62.4 cm³/mol. The van der Waals surface area contributed by atoms with Crippen LogP contribution in [0, 0.1) is 6.92 Å². The maximum absolute atomic E-state index is 9.68. The van der Waals surface area contributed by atoms with Crippen molar-refractivity contribution in [1.82, 2.24) is 14.8 Å². The second-order valence-electron chi connectivity index (χ2n) is 4.15. The summed E-state index contributed by atoms with van der Waals surface area (Å²) >= 11 is 1.71. The van der Waals surface area contributed by atoms with E-state index in [1.165, 1.54) is 4.88 Å². The van der Waals surface area contributed by atoms with Crippen molar-refractivity contribution in [3.63, 3.8) is 0 Å². The van der Waals surface area contributed by atoms with Crippen molar-refractivity contribution in [2.24, 2.45) is 0 Å². The van der Waals surface area contributed by atoms with Crippen LogP contribution in [0.4, 0.5) is 0 Å². The monoisotopic (exact) mass is 235 g/mol. The molecule has 0 amide bonds. The molecule has 0 spiro atoms. The van der Waals surface area contributed by atoms with Gasteiger partial charge in [-0.05, 0) is 25.5 Å². The number of rotatable bonds is 1. The third-order valence-corrected chi connectivity index (χ3v) is 3.88. The first kappa shape index (κ1) is 9.99. The van der Waals surface area contributed by atoms with Crippen LogP contribution in [0.25, 0.3) is 10.7 Å². The number of fused-ring (bicyclic) bond motifs is 1. The quantitative estimate of drug-likeness (QED) is 0.817. The molecular weight excluding hydrogens is 222 g/mol. The highest BCUT2D eigenvalue weighted by Crippen LogP contribution is 2.28. The third-order valence-electron chi connectivity index (χ3n) is 2.88. The highest BCUT2D eigenvalue weighted by Gasteiger charge is 2.22. The van der Waals surface area contributed by atoms with Crippen molar-refractivity contribution in [3.8, 4) is 10.7 Å². The summed E-state index contributed by atoms with van der Waals surface area (Å²) in [5, 5.41) is 18.1. The lowest BCUT2D eigenvalue weighted by Gasteiger charge is -2.19. The zero-order valence-corrected chi connectivity index (χ0v) is 9.87. The molecule has 2 aromatic heterocycles. The lowest BCUT2D eigenvalue weighted by atomic mass is 10.1. The van der Waals surface area contributed by atoms with Gasteiger partial charge < -0.3 is 9.67 Å². The Balaban J connectivity index is 2.06. The lowest BCUT2D eigenvalue weighted by Crippen LogP contribution is -2.24. The van der Waals surface area contributed by atoms with Gasteiger partial charge in [-0.15, -0.1) is 21.5 Å². The van der Waals surface area contributed by atoms with Gasteiger partial charge in [-0.2, -0.15) is 0 Å². The van der Waals surface area contributed by atoms with Gasteiger partial charge in [0.25, 0.3) is 0 Å². The van der Waals surface area contributed by atoms with Crippen LogP contribution in [0.5, 0.6) is 0 Å². The molecule has 84 valence electrons. The van der Waals surface area contributed by atoms with Gasteiger partial charge in [0, 0.05) is 11.3 Å². The summed E-state index contributed by atoms with van der Waals surface area (Å²) in [7, 11) is 0. The first-order valence-electron chi connectivity index (χ1n) is 5.41. The first-order valence-corrected chi connectivity index (χ1v) is 6.22. The second-order valence-corrected chi connectivity index (χ2v) is 5.44. The van der Waals surface area contributed by atoms with E-state index in [1.54, 1.807) is 11.3 Å². The summed E-state index contributed by atoms with van der Waals surface area (Å²) < 4.78 is 2.04. The minimum absolute atomic E-state index is 0.261. The highest BCUT2D eigenvalue weighted by molar-refractivity contribution is 7.15. The second kappa shape index (κ2) is 3.68. The molecule has 0 radical (unpaired) electrons. The Hall–Kier alpha value is -1.20. The van der Waals surface area contributed by atoms with E-state index in [2.05, 4.69) is 29.3 Å². The molecule has 0 aromatic carbocycles. The third kappa shape index (κ3) is 1.56. The molecule has 4 nitrogen and oxygen atoms in total. The molecule has 0 fully saturated rings. The smallest absolute Gasteiger partial charge is 0.174 e. The molecule has 16 heavy (non-hydrogen) atoms. The summed E-state index contributed by atoms with van der Waals surface area (Å²) in [5.41, 5.74) is 0. The number of hydrogen-bond donors (Lipinski definition) is 1. The van der Waals surface area contributed by atoms with E-state index in [1.807, 2.05) is 4.57 Å². The van der Waals surface area contributed by atoms with Gasteiger partial charge in [0.1, 0.15) is 5.82 Å². The van der Waals surface area contributed by atoms with Crippen LogP contribution in [-0.4, -0.2) is 26.0 Å². The Bertz CT molecular complexity index is 517. The predicted octanol–water partition coefficient (Wildman–Crippen LogP) is 1.62. The molecule has 1 atom stereocenters. The molecule has 1 aliphatic heterocycles. The average Bonchev–Trinajstić information content (AvgIpc) is 2.83. The standard InChI is InChI=1S/C11H13N3OS/c1-7-2-4-9(16-7)11-13-12-10-5-3-8(15)6-14(10)11/h2,4,8,15H,3,5-6H2,1H3. The zero-order valence-electron chi connectivity index (χ0n) is 9.05. The number of thiophene rings is 1. The first-order chi connectivity index (χ1) is 7.74. The van der Waals surface area contributed by atoms with Crippen molar-refractivity contribution >= 4 is 11.3 Å². The maximum atomic E-state index is 9.68. The minimum Gasteiger partial charge on any atom is -0.391 e. The van der Waals surface area contributed by atoms with Crippen LogP contribution in [-0.2, 0) is 13.0 Å². The minimum atomic E-state index is -0.261. The SMILES string of the molecule is Cc1ccc(-c2nnc3n2CC(O)CC3)s1. The van der Waals surface area contributed by atoms with Crippen molar-refractivity contribution in [3.05, 3.63) is 22.8 Å². The van der Waals surface area contributed by atoms with Gasteiger partial charge >= 0.3 is 0 Å². The van der Waals surface area contributed by atoms with E-state index in [9.17, 15) is 5.11 Å². The van der Waals surface area contributed by atoms with E-state index >= 15 is 0 Å². The molecule has 1 unspecified atom stereocenters. The van der Waals surface area contributed by atoms with E-state index < -0.39 is 0 Å². The van der Waals surface area contributed by atoms with E-state index in [0.717, 1.165) is 29.4 Å². The normalized spacial score (nSPS) is 19.8. The molecule has 0 saturated carbocycles. The van der Waals surface area contributed by atoms with Gasteiger partial charge in [0.2, 0.25) is 0 Å². The molecule has 1 N–H and O–H groups in total. The molecular formula is C11H13N3OS. The molecule has 3 heterocycles. The van der Waals surface area contributed by atoms with Crippen molar-refractivity contribution < 1.29 is 5.11 Å². The largest absolute Gasteiger partial charge is 0.391 e. The van der Waals surface area contributed by atoms with Crippen LogP contribution in [0.1, 0.15) is 17.1 Å². The van der Waals surface area contributed by atoms with E-state index in [-0.39, 0.29) is 6.10 Å². The number of aliphatic hydroxyl groups is 1. The molecule has 0 saturated heterocycles. The van der Waals surface area contributed by atoms with Crippen LogP contribution >= 0.6 is 11.3 Å². The van der Waals surface area contributed by atoms with Crippen molar-refractivity contribution in [2.45, 2.75) is 32.4 Å². The molecule has 3 rings (SSSR count). The van der Waals surface area contributed by atoms with Crippen LogP contribution < -0.4 is 0 Å². The summed E-state index contributed by atoms with van der Waals surface area (Å²) in [6.45, 7) is 2.70. The summed E-state index contributed by atoms with van der Waals surface area (Å²) in [6, 6.07) is 4.15. The maximum Gasteiger partial charge on any atom is 0.174 e. The van der Waals surface area contributed by atoms with Crippen LogP contribution in [0.15, 0.2) is 12.1 Å². The fourth-order valence-electron chi connectivity index (χ4n) is 2.05. The number of aliphatic hydroxyl groups excluding tert-OH is 1. The summed E-state index contributed by atoms with van der Waals surface area (Å²) in [4.78, 5) is 2.40. The fourth-order valence-corrected chi connectivity index (χ4v) is 2.91. The highest BCUT2D eigenvalue weighted by atomic mass is 32.1. The average molecular weight is 235 g/mol. The van der Waals surface area contributed by atoms with Gasteiger partial charge in [0.05, 0.1) is 17.5 Å². The molecule has 1 aliphatic rings. The Morgan fingerprint density at radius 2 is 2.31 bits per heavy atom. The molecule has 0 aliphatic carbocycles. The van der Waals surface area contributed by atoms with Gasteiger partial charge in [-0.25, -0.2) is 0 Å². The van der Waals surface area contributed by atoms with Crippen LogP contribution in [0.2, 0.25) is 0 Å². The Morgan fingerprint density at radius 1 is 1.44 bits per heavy atom. The summed E-state index contributed by atoms with van der Waals surface area (Å²) in [5.74, 6) is 1.89. The Kier molecular flexibility index (Phi) is 2.29. The number of hydrogen-bond acceptors (Lipinski definition) is 4. The number of aryl methyl sites for hydroxylation is 2. The Morgan fingerprint density at radius 3 is 3.06 bits per heavy atom. The zero-order chi connectivity index (χ0) is 11.1. The van der Waals surface area contributed by atoms with Crippen LogP contribution in [0.3, 0.4) is 0 Å². The van der Waals surface area contributed by atoms with Gasteiger partial charge in [0.15, 0.2) is 5.82 Å². The topological polar surface area (TPSA) is 50.9 Å². The van der Waals surface area contributed by atoms with Crippen molar-refractivity contribution in [1.29, 1.82) is 0 Å². The van der Waals surface area contributed by atoms with Gasteiger partial charge in [-0.3, -0.25) is 0 Å². The lowest BCUT2D eigenvalue weighted by molar-refractivity contribution is 0.131. The Labute approximate surface area is 97.6 Å². The van der Waals surface area contributed by atoms with E-state index in [4.69, 9.17) is 0 Å². The number of aromatic nitrogens is 3. The summed E-state index contributed by atoms with van der Waals surface area (Å²) in [6.07, 6.45) is 1.35. The molecule has 2 aromatic rings. The molecule has 5 heteroatoms.